The van der Waals surface area contributed by atoms with Crippen molar-refractivity contribution >= 4 is 29.2 Å². The molecule has 0 fully saturated rings. The van der Waals surface area contributed by atoms with E-state index in [1.54, 1.807) is 11.8 Å². The lowest BCUT2D eigenvalue weighted by Gasteiger charge is -2.26. The van der Waals surface area contributed by atoms with Gasteiger partial charge in [-0.1, -0.05) is 25.1 Å². The summed E-state index contributed by atoms with van der Waals surface area (Å²) < 4.78 is 5.16. The minimum absolute atomic E-state index is 0.276. The number of carbonyl (C=O) groups excluding carboxylic acids is 1. The lowest BCUT2D eigenvalue weighted by molar-refractivity contribution is -0.124. The number of nitrogens with zero attached hydrogens (tertiary/aromatic N) is 2. The Bertz CT molecular complexity index is 410. The summed E-state index contributed by atoms with van der Waals surface area (Å²) in [5.74, 6) is 1.55. The predicted molar refractivity (Wildman–Crippen MR) is 80.5 cm³/mol. The maximum atomic E-state index is 11.4. The zero-order valence-corrected chi connectivity index (χ0v) is 13.4. The maximum Gasteiger partial charge on any atom is 0.237 e. The third-order valence-electron chi connectivity index (χ3n) is 2.92. The van der Waals surface area contributed by atoms with Gasteiger partial charge in [0.2, 0.25) is 5.91 Å². The fourth-order valence-electron chi connectivity index (χ4n) is 1.77. The number of amides is 1. The van der Waals surface area contributed by atoms with Gasteiger partial charge < -0.3 is 11.1 Å². The van der Waals surface area contributed by atoms with Crippen molar-refractivity contribution in [2.45, 2.75) is 49.9 Å². The Kier molecular flexibility index (Phi) is 6.74. The van der Waals surface area contributed by atoms with Gasteiger partial charge in [0.1, 0.15) is 5.82 Å². The Morgan fingerprint density at radius 2 is 2.26 bits per heavy atom. The number of primary amides is 1. The highest BCUT2D eigenvalue weighted by Gasteiger charge is 2.28. The summed E-state index contributed by atoms with van der Waals surface area (Å²) in [5, 5.41) is 3.17. The van der Waals surface area contributed by atoms with Crippen LogP contribution >= 0.6 is 23.3 Å². The highest BCUT2D eigenvalue weighted by atomic mass is 32.2. The Balaban J connectivity index is 2.24. The summed E-state index contributed by atoms with van der Waals surface area (Å²) in [7, 11) is 0. The third kappa shape index (κ3) is 5.46. The first-order valence-corrected chi connectivity index (χ1v) is 8.22. The Labute approximate surface area is 122 Å². The molecule has 0 saturated carbocycles. The standard InChI is InChI=1S/C12H22N4OS2/c1-4-14-12(3,10(13)17)7-5-6-8-18-11-15-9(2)16-19-11/h14H,4-8H2,1-3H3,(H2,13,17). The van der Waals surface area contributed by atoms with E-state index < -0.39 is 5.54 Å². The number of carbonyl (C=O) groups is 1. The summed E-state index contributed by atoms with van der Waals surface area (Å²) in [6, 6.07) is 0. The summed E-state index contributed by atoms with van der Waals surface area (Å²) in [4.78, 5) is 15.7. The molecule has 19 heavy (non-hydrogen) atoms. The molecule has 1 heterocycles. The van der Waals surface area contributed by atoms with Gasteiger partial charge in [0.05, 0.1) is 5.54 Å². The maximum absolute atomic E-state index is 11.4. The van der Waals surface area contributed by atoms with E-state index in [1.165, 1.54) is 11.5 Å². The quantitative estimate of drug-likeness (QED) is 0.538. The molecule has 0 bridgehead atoms. The van der Waals surface area contributed by atoms with Crippen LogP contribution in [0.25, 0.3) is 0 Å². The molecular formula is C12H22N4OS2. The monoisotopic (exact) mass is 302 g/mol. The van der Waals surface area contributed by atoms with E-state index in [2.05, 4.69) is 14.7 Å². The van der Waals surface area contributed by atoms with Gasteiger partial charge in [-0.3, -0.25) is 4.79 Å². The second-order valence-corrected chi connectivity index (χ2v) is 6.73. The van der Waals surface area contributed by atoms with Gasteiger partial charge in [0.25, 0.3) is 0 Å². The fourth-order valence-corrected chi connectivity index (χ4v) is 3.48. The lowest BCUT2D eigenvalue weighted by atomic mass is 9.94. The summed E-state index contributed by atoms with van der Waals surface area (Å²) >= 11 is 3.16. The zero-order chi connectivity index (χ0) is 14.3. The van der Waals surface area contributed by atoms with Gasteiger partial charge in [-0.05, 0) is 44.8 Å². The fraction of sp³-hybridized carbons (Fsp3) is 0.750. The molecule has 0 aromatic carbocycles. The average molecular weight is 302 g/mol. The van der Waals surface area contributed by atoms with Gasteiger partial charge >= 0.3 is 0 Å². The van der Waals surface area contributed by atoms with Crippen LogP contribution in [0.3, 0.4) is 0 Å². The SMILES string of the molecule is CCNC(C)(CCCCSc1nc(C)ns1)C(N)=O. The summed E-state index contributed by atoms with van der Waals surface area (Å²) in [6.07, 6.45) is 2.78. The molecule has 5 nitrogen and oxygen atoms in total. The molecule has 0 saturated heterocycles. The molecule has 0 aliphatic carbocycles. The largest absolute Gasteiger partial charge is 0.368 e. The van der Waals surface area contributed by atoms with E-state index >= 15 is 0 Å². The van der Waals surface area contributed by atoms with Crippen molar-refractivity contribution in [2.75, 3.05) is 12.3 Å². The van der Waals surface area contributed by atoms with Crippen LogP contribution in [-0.2, 0) is 4.79 Å². The van der Waals surface area contributed by atoms with E-state index in [0.717, 1.165) is 41.7 Å². The number of aromatic nitrogens is 2. The van der Waals surface area contributed by atoms with Crippen LogP contribution in [0.2, 0.25) is 0 Å². The molecule has 1 atom stereocenters. The molecule has 0 radical (unpaired) electrons. The molecule has 1 rings (SSSR count). The molecule has 7 heteroatoms. The van der Waals surface area contributed by atoms with Crippen LogP contribution in [0.5, 0.6) is 0 Å². The molecule has 108 valence electrons. The predicted octanol–water partition coefficient (Wildman–Crippen LogP) is 1.96. The first-order chi connectivity index (χ1) is 8.98. The number of hydrogen-bond donors (Lipinski definition) is 2. The minimum Gasteiger partial charge on any atom is -0.368 e. The van der Waals surface area contributed by atoms with Gasteiger partial charge in [0, 0.05) is 5.75 Å². The van der Waals surface area contributed by atoms with E-state index in [4.69, 9.17) is 5.73 Å². The third-order valence-corrected chi connectivity index (χ3v) is 4.93. The van der Waals surface area contributed by atoms with Crippen molar-refractivity contribution < 1.29 is 4.79 Å². The van der Waals surface area contributed by atoms with Crippen molar-refractivity contribution in [3.05, 3.63) is 5.82 Å². The first-order valence-electron chi connectivity index (χ1n) is 6.46. The highest BCUT2D eigenvalue weighted by molar-refractivity contribution is 8.00. The molecule has 1 aromatic rings. The Morgan fingerprint density at radius 1 is 1.53 bits per heavy atom. The molecule has 0 spiro atoms. The number of nitrogens with two attached hydrogens (primary N) is 1. The Hall–Kier alpha value is -0.660. The van der Waals surface area contributed by atoms with Crippen LogP contribution in [0, 0.1) is 6.92 Å². The first kappa shape index (κ1) is 16.4. The van der Waals surface area contributed by atoms with Gasteiger partial charge in [-0.25, -0.2) is 4.98 Å². The summed E-state index contributed by atoms with van der Waals surface area (Å²) in [5.41, 5.74) is 4.86. The van der Waals surface area contributed by atoms with Crippen molar-refractivity contribution in [3.8, 4) is 0 Å². The van der Waals surface area contributed by atoms with Crippen LogP contribution in [0.15, 0.2) is 4.34 Å². The van der Waals surface area contributed by atoms with Crippen LogP contribution in [-0.4, -0.2) is 33.1 Å². The van der Waals surface area contributed by atoms with Crippen molar-refractivity contribution in [1.29, 1.82) is 0 Å². The number of unbranched alkanes of at least 4 members (excludes halogenated alkanes) is 1. The van der Waals surface area contributed by atoms with E-state index in [1.807, 2.05) is 20.8 Å². The van der Waals surface area contributed by atoms with Crippen molar-refractivity contribution in [3.63, 3.8) is 0 Å². The average Bonchev–Trinajstić information content (AvgIpc) is 2.75. The van der Waals surface area contributed by atoms with Crippen LogP contribution in [0.4, 0.5) is 0 Å². The Morgan fingerprint density at radius 3 is 2.79 bits per heavy atom. The van der Waals surface area contributed by atoms with E-state index in [9.17, 15) is 4.79 Å². The summed E-state index contributed by atoms with van der Waals surface area (Å²) in [6.45, 7) is 6.50. The zero-order valence-electron chi connectivity index (χ0n) is 11.7. The van der Waals surface area contributed by atoms with E-state index in [-0.39, 0.29) is 5.91 Å². The number of rotatable bonds is 9. The number of likely N-dealkylation sites (N-methyl/N-ethyl adjacent to an activating group) is 1. The number of hydrogen-bond acceptors (Lipinski definition) is 6. The molecule has 1 unspecified atom stereocenters. The molecule has 0 aliphatic rings. The molecular weight excluding hydrogens is 280 g/mol. The minimum atomic E-state index is -0.585. The number of nitrogens with one attached hydrogen (secondary N) is 1. The van der Waals surface area contributed by atoms with Gasteiger partial charge in [-0.2, -0.15) is 4.37 Å². The second kappa shape index (κ2) is 7.81. The number of thioether (sulfide) groups is 1. The topological polar surface area (TPSA) is 80.9 Å². The molecule has 0 aliphatic heterocycles. The van der Waals surface area contributed by atoms with Crippen LogP contribution in [0.1, 0.15) is 38.9 Å². The van der Waals surface area contributed by atoms with Gasteiger partial charge in [-0.15, -0.1) is 0 Å². The lowest BCUT2D eigenvalue weighted by Crippen LogP contribution is -2.52. The normalized spacial score (nSPS) is 14.3. The molecule has 3 N–H and O–H groups in total. The highest BCUT2D eigenvalue weighted by Crippen LogP contribution is 2.22. The molecule has 1 amide bonds. The number of aryl methyl sites for hydroxylation is 1. The second-order valence-electron chi connectivity index (χ2n) is 4.64. The van der Waals surface area contributed by atoms with E-state index in [0.29, 0.717) is 0 Å². The van der Waals surface area contributed by atoms with Gasteiger partial charge in [0.15, 0.2) is 4.34 Å². The van der Waals surface area contributed by atoms with Crippen molar-refractivity contribution in [1.82, 2.24) is 14.7 Å². The molecule has 1 aromatic heterocycles. The van der Waals surface area contributed by atoms with Crippen molar-refractivity contribution in [2.24, 2.45) is 5.73 Å². The smallest absolute Gasteiger partial charge is 0.237 e. The van der Waals surface area contributed by atoms with Crippen LogP contribution < -0.4 is 11.1 Å².